The maximum Gasteiger partial charge on any atom is 0.326 e. The predicted octanol–water partition coefficient (Wildman–Crippen LogP) is -1.28. The van der Waals surface area contributed by atoms with Crippen LogP contribution in [0.4, 0.5) is 0 Å². The summed E-state index contributed by atoms with van der Waals surface area (Å²) in [6.45, 7) is 0. The molecule has 0 saturated carbocycles. The maximum atomic E-state index is 10.6. The number of carbonyl (C=O) groups is 2. The second-order valence-electron chi connectivity index (χ2n) is 1.66. The Morgan fingerprint density at radius 3 is 2.50 bits per heavy atom. The first kappa shape index (κ1) is 9.48. The number of nitrogens with two attached hydrogens (primary N) is 1. The second-order valence-corrected chi connectivity index (χ2v) is 2.77. The Kier molecular flexibility index (Phi) is 4.10. The van der Waals surface area contributed by atoms with Gasteiger partial charge in [0, 0.05) is 6.42 Å². The first-order valence-corrected chi connectivity index (χ1v) is 3.49. The third kappa shape index (κ3) is 3.50. The van der Waals surface area contributed by atoms with Crippen LogP contribution in [0.1, 0.15) is 6.42 Å². The summed E-state index contributed by atoms with van der Waals surface area (Å²) in [5, 5.41) is 0. The predicted molar refractivity (Wildman–Crippen MR) is 41.2 cm³/mol. The first-order chi connectivity index (χ1) is 4.57. The van der Waals surface area contributed by atoms with Gasteiger partial charge in [-0.25, -0.2) is 0 Å². The topological polar surface area (TPSA) is 69.4 Å². The summed E-state index contributed by atoms with van der Waals surface area (Å²) in [5.74, 6) is -1.02. The Bertz CT molecular complexity index is 151. The van der Waals surface area contributed by atoms with Crippen molar-refractivity contribution in [3.63, 3.8) is 0 Å². The highest BCUT2D eigenvalue weighted by atomic mass is 79.9. The molecule has 10 heavy (non-hydrogen) atoms. The van der Waals surface area contributed by atoms with Gasteiger partial charge in [0.1, 0.15) is 4.83 Å². The average molecular weight is 208 g/mol. The van der Waals surface area contributed by atoms with Gasteiger partial charge in [-0.2, -0.15) is 0 Å². The summed E-state index contributed by atoms with van der Waals surface area (Å²) in [7, 11) is 1.25. The van der Waals surface area contributed by atoms with Gasteiger partial charge in [0.25, 0.3) is 0 Å². The van der Waals surface area contributed by atoms with E-state index in [0.29, 0.717) is 0 Å². The van der Waals surface area contributed by atoms with Crippen molar-refractivity contribution in [3.05, 3.63) is 0 Å². The van der Waals surface area contributed by atoms with Crippen molar-refractivity contribution in [2.45, 2.75) is 11.2 Å². The van der Waals surface area contributed by atoms with Crippen LogP contribution in [0.5, 0.6) is 0 Å². The first-order valence-electron chi connectivity index (χ1n) is 2.58. The van der Waals surface area contributed by atoms with Crippen molar-refractivity contribution in [2.75, 3.05) is 0 Å². The van der Waals surface area contributed by atoms with Gasteiger partial charge in [-0.3, -0.25) is 9.59 Å². The normalized spacial score (nSPS) is 12.1. The second kappa shape index (κ2) is 4.32. The largest absolute Gasteiger partial charge is 0.543 e. The minimum atomic E-state index is -0.616. The molecule has 4 nitrogen and oxygen atoms in total. The Labute approximate surface area is 67.7 Å². The summed E-state index contributed by atoms with van der Waals surface area (Å²) < 4.78 is 4.32. The van der Waals surface area contributed by atoms with Gasteiger partial charge in [-0.05, 0) is 0 Å². The van der Waals surface area contributed by atoms with E-state index in [1.165, 1.54) is 8.05 Å². The molecule has 0 aliphatic heterocycles. The quantitative estimate of drug-likeness (QED) is 0.463. The number of alkyl halides is 1. The van der Waals surface area contributed by atoms with Crippen molar-refractivity contribution in [1.29, 1.82) is 0 Å². The molecule has 0 aliphatic rings. The molecule has 0 spiro atoms. The molecule has 0 aromatic carbocycles. The van der Waals surface area contributed by atoms with Crippen LogP contribution >= 0.6 is 15.9 Å². The molecule has 0 saturated heterocycles. The summed E-state index contributed by atoms with van der Waals surface area (Å²) >= 11 is 2.93. The van der Waals surface area contributed by atoms with Gasteiger partial charge in [0.2, 0.25) is 5.91 Å². The fourth-order valence-electron chi connectivity index (χ4n) is 0.388. The molecule has 0 rings (SSSR count). The van der Waals surface area contributed by atoms with E-state index in [-0.39, 0.29) is 6.42 Å². The van der Waals surface area contributed by atoms with Crippen LogP contribution in [0, 0.1) is 0 Å². The van der Waals surface area contributed by atoms with E-state index in [1.54, 1.807) is 0 Å². The molecular weight excluding hydrogens is 201 g/mol. The molecule has 0 radical (unpaired) electrons. The van der Waals surface area contributed by atoms with Crippen molar-refractivity contribution in [2.24, 2.45) is 5.73 Å². The van der Waals surface area contributed by atoms with Crippen LogP contribution in [0.15, 0.2) is 0 Å². The average Bonchev–Trinajstić information content (AvgIpc) is 1.85. The van der Waals surface area contributed by atoms with Crippen molar-refractivity contribution >= 4 is 35.9 Å². The summed E-state index contributed by atoms with van der Waals surface area (Å²) in [5.41, 5.74) is 4.81. The lowest BCUT2D eigenvalue weighted by atomic mass is 10.3. The maximum absolute atomic E-state index is 10.6. The third-order valence-electron chi connectivity index (χ3n) is 0.837. The van der Waals surface area contributed by atoms with Gasteiger partial charge in [-0.15, -0.1) is 0 Å². The summed E-state index contributed by atoms with van der Waals surface area (Å²) in [4.78, 5) is 20.2. The van der Waals surface area contributed by atoms with E-state index >= 15 is 0 Å². The highest BCUT2D eigenvalue weighted by Crippen LogP contribution is 2.05. The number of rotatable bonds is 3. The van der Waals surface area contributed by atoms with E-state index in [9.17, 15) is 9.59 Å². The van der Waals surface area contributed by atoms with E-state index in [0.717, 1.165) is 0 Å². The van der Waals surface area contributed by atoms with Gasteiger partial charge in [-0.1, -0.05) is 15.9 Å². The van der Waals surface area contributed by atoms with Gasteiger partial charge < -0.3 is 10.4 Å². The molecule has 56 valence electrons. The molecule has 0 heterocycles. The molecular formula is C4H7BBrNO3. The van der Waals surface area contributed by atoms with Crippen LogP contribution in [0.25, 0.3) is 0 Å². The molecule has 0 bridgehead atoms. The summed E-state index contributed by atoms with van der Waals surface area (Å²) in [6, 6.07) is 0. The van der Waals surface area contributed by atoms with E-state index in [1.807, 2.05) is 0 Å². The molecule has 1 atom stereocenters. The van der Waals surface area contributed by atoms with Crippen molar-refractivity contribution in [1.82, 2.24) is 0 Å². The molecule has 6 heteroatoms. The van der Waals surface area contributed by atoms with Gasteiger partial charge in [0.05, 0.1) is 0 Å². The number of primary amides is 1. The highest BCUT2D eigenvalue weighted by molar-refractivity contribution is 9.10. The minimum Gasteiger partial charge on any atom is -0.543 e. The molecule has 0 unspecified atom stereocenters. The van der Waals surface area contributed by atoms with E-state index < -0.39 is 16.7 Å². The number of amides is 1. The van der Waals surface area contributed by atoms with E-state index in [4.69, 9.17) is 5.73 Å². The molecule has 0 aliphatic carbocycles. The highest BCUT2D eigenvalue weighted by Gasteiger charge is 2.16. The van der Waals surface area contributed by atoms with Crippen molar-refractivity contribution in [3.8, 4) is 0 Å². The zero-order chi connectivity index (χ0) is 8.15. The molecule has 0 aromatic rings. The standard InChI is InChI=1S/C4H7BBrNO3/c5-10-4(9)2(6)1-3(7)8/h2H,1,5H2,(H2,7,8)/t2-/m1/s1. The Hall–Kier alpha value is -0.515. The lowest BCUT2D eigenvalue weighted by Gasteiger charge is -2.03. The molecule has 2 N–H and O–H groups in total. The van der Waals surface area contributed by atoms with Crippen LogP contribution in [0.3, 0.4) is 0 Å². The molecule has 0 aromatic heterocycles. The summed E-state index contributed by atoms with van der Waals surface area (Å²) in [6.07, 6.45) is -0.0350. The van der Waals surface area contributed by atoms with Gasteiger partial charge >= 0.3 is 14.0 Å². The SMILES string of the molecule is BOC(=O)[C@H](Br)CC(N)=O. The minimum absolute atomic E-state index is 0.0350. The fraction of sp³-hybridized carbons (Fsp3) is 0.500. The zero-order valence-electron chi connectivity index (χ0n) is 5.46. The third-order valence-corrected chi connectivity index (χ3v) is 1.53. The van der Waals surface area contributed by atoms with Crippen LogP contribution < -0.4 is 5.73 Å². The van der Waals surface area contributed by atoms with Gasteiger partial charge in [0.15, 0.2) is 0 Å². The lowest BCUT2D eigenvalue weighted by molar-refractivity contribution is -0.134. The van der Waals surface area contributed by atoms with Crippen molar-refractivity contribution < 1.29 is 14.2 Å². The fourth-order valence-corrected chi connectivity index (χ4v) is 0.894. The number of hydrogen-bond donors (Lipinski definition) is 1. The smallest absolute Gasteiger partial charge is 0.326 e. The van der Waals surface area contributed by atoms with Crippen LogP contribution in [-0.4, -0.2) is 24.8 Å². The van der Waals surface area contributed by atoms with Crippen LogP contribution in [0.2, 0.25) is 0 Å². The zero-order valence-corrected chi connectivity index (χ0v) is 7.05. The molecule has 1 amide bonds. The lowest BCUT2D eigenvalue weighted by Crippen LogP contribution is -2.23. The number of halogens is 1. The van der Waals surface area contributed by atoms with Crippen LogP contribution in [-0.2, 0) is 14.2 Å². The monoisotopic (exact) mass is 207 g/mol. The number of carbonyl (C=O) groups excluding carboxylic acids is 2. The van der Waals surface area contributed by atoms with E-state index in [2.05, 4.69) is 20.6 Å². The molecule has 0 fully saturated rings. The number of hydrogen-bond acceptors (Lipinski definition) is 3. The Balaban J connectivity index is 3.72. The Morgan fingerprint density at radius 2 is 2.20 bits per heavy atom. The Morgan fingerprint density at radius 1 is 1.70 bits per heavy atom.